The van der Waals surface area contributed by atoms with Gasteiger partial charge in [0, 0.05) is 0 Å². The first-order valence-corrected chi connectivity index (χ1v) is 4.10. The molecule has 0 aromatic carbocycles. The molecular weight excluding hydrogens is 160 g/mol. The van der Waals surface area contributed by atoms with Gasteiger partial charge in [0.15, 0.2) is 0 Å². The minimum atomic E-state index is 0.585. The highest BCUT2D eigenvalue weighted by molar-refractivity contribution is 7.14. The molecule has 0 saturated heterocycles. The lowest BCUT2D eigenvalue weighted by Gasteiger charge is -1.92. The summed E-state index contributed by atoms with van der Waals surface area (Å²) in [6, 6.07) is 2.05. The van der Waals surface area contributed by atoms with Gasteiger partial charge in [-0.05, 0) is 13.8 Å². The number of ether oxygens (including phenoxy) is 1. The SMILES string of the molecule is CCOc1nc(C)c(C#N)s1. The minimum absolute atomic E-state index is 0.585. The summed E-state index contributed by atoms with van der Waals surface area (Å²) < 4.78 is 5.13. The van der Waals surface area contributed by atoms with Crippen LogP contribution in [0.3, 0.4) is 0 Å². The highest BCUT2D eigenvalue weighted by Gasteiger charge is 2.05. The molecule has 0 amide bonds. The van der Waals surface area contributed by atoms with E-state index in [2.05, 4.69) is 11.1 Å². The van der Waals surface area contributed by atoms with Crippen LogP contribution >= 0.6 is 11.3 Å². The van der Waals surface area contributed by atoms with Crippen LogP contribution in [0.25, 0.3) is 0 Å². The van der Waals surface area contributed by atoms with E-state index in [1.54, 1.807) is 6.92 Å². The first-order valence-electron chi connectivity index (χ1n) is 3.28. The van der Waals surface area contributed by atoms with Crippen LogP contribution in [0.4, 0.5) is 0 Å². The summed E-state index contributed by atoms with van der Waals surface area (Å²) >= 11 is 1.29. The first-order chi connectivity index (χ1) is 5.27. The van der Waals surface area contributed by atoms with Gasteiger partial charge in [0.05, 0.1) is 12.3 Å². The van der Waals surface area contributed by atoms with E-state index >= 15 is 0 Å². The van der Waals surface area contributed by atoms with Gasteiger partial charge in [0.1, 0.15) is 10.9 Å². The lowest BCUT2D eigenvalue weighted by molar-refractivity contribution is 0.338. The van der Waals surface area contributed by atoms with E-state index in [-0.39, 0.29) is 0 Å². The predicted molar refractivity (Wildman–Crippen MR) is 42.7 cm³/mol. The van der Waals surface area contributed by atoms with Gasteiger partial charge in [0.25, 0.3) is 5.19 Å². The van der Waals surface area contributed by atoms with Gasteiger partial charge in [-0.3, -0.25) is 0 Å². The average Bonchev–Trinajstić information content (AvgIpc) is 2.32. The van der Waals surface area contributed by atoms with Gasteiger partial charge in [-0.15, -0.1) is 0 Å². The van der Waals surface area contributed by atoms with Gasteiger partial charge in [-0.2, -0.15) is 5.26 Å². The molecular formula is C7H8N2OS. The zero-order valence-electron chi connectivity index (χ0n) is 6.42. The monoisotopic (exact) mass is 168 g/mol. The Labute approximate surface area is 69.3 Å². The minimum Gasteiger partial charge on any atom is -0.470 e. The number of hydrogen-bond donors (Lipinski definition) is 0. The standard InChI is InChI=1S/C7H8N2OS/c1-3-10-7-9-5(2)6(4-8)11-7/h3H2,1-2H3. The topological polar surface area (TPSA) is 45.9 Å². The van der Waals surface area contributed by atoms with E-state index < -0.39 is 0 Å². The van der Waals surface area contributed by atoms with Crippen molar-refractivity contribution in [1.29, 1.82) is 5.26 Å². The Kier molecular flexibility index (Phi) is 2.44. The Morgan fingerprint density at radius 1 is 1.73 bits per heavy atom. The van der Waals surface area contributed by atoms with Crippen molar-refractivity contribution < 1.29 is 4.74 Å². The maximum absolute atomic E-state index is 8.56. The van der Waals surface area contributed by atoms with Crippen LogP contribution in [0.15, 0.2) is 0 Å². The van der Waals surface area contributed by atoms with Crippen molar-refractivity contribution in [3.8, 4) is 11.3 Å². The molecule has 0 radical (unpaired) electrons. The summed E-state index contributed by atoms with van der Waals surface area (Å²) in [7, 11) is 0. The fourth-order valence-corrected chi connectivity index (χ4v) is 1.43. The maximum atomic E-state index is 8.56. The molecule has 0 aliphatic carbocycles. The summed E-state index contributed by atoms with van der Waals surface area (Å²) in [5, 5.41) is 9.15. The normalized spacial score (nSPS) is 9.18. The maximum Gasteiger partial charge on any atom is 0.274 e. The molecule has 0 aliphatic heterocycles. The Bertz CT molecular complexity index is 287. The number of aromatic nitrogens is 1. The van der Waals surface area contributed by atoms with Crippen LogP contribution in [0.1, 0.15) is 17.5 Å². The smallest absolute Gasteiger partial charge is 0.274 e. The third-order valence-corrected chi connectivity index (χ3v) is 2.12. The molecule has 0 fully saturated rings. The molecule has 0 atom stereocenters. The summed E-state index contributed by atoms with van der Waals surface area (Å²) in [5.74, 6) is 0. The van der Waals surface area contributed by atoms with Gasteiger partial charge < -0.3 is 4.74 Å². The molecule has 0 saturated carbocycles. The fraction of sp³-hybridized carbons (Fsp3) is 0.429. The number of aryl methyl sites for hydroxylation is 1. The van der Waals surface area contributed by atoms with Gasteiger partial charge in [-0.25, -0.2) is 4.98 Å². The van der Waals surface area contributed by atoms with Crippen molar-refractivity contribution in [1.82, 2.24) is 4.98 Å². The van der Waals surface area contributed by atoms with E-state index in [4.69, 9.17) is 10.00 Å². The number of thiazole rings is 1. The molecule has 1 aromatic rings. The van der Waals surface area contributed by atoms with E-state index in [1.807, 2.05) is 6.92 Å². The van der Waals surface area contributed by atoms with Crippen molar-refractivity contribution in [2.24, 2.45) is 0 Å². The van der Waals surface area contributed by atoms with Crippen molar-refractivity contribution >= 4 is 11.3 Å². The van der Waals surface area contributed by atoms with Gasteiger partial charge >= 0.3 is 0 Å². The average molecular weight is 168 g/mol. The predicted octanol–water partition coefficient (Wildman–Crippen LogP) is 1.72. The van der Waals surface area contributed by atoms with Crippen molar-refractivity contribution in [3.63, 3.8) is 0 Å². The quantitative estimate of drug-likeness (QED) is 0.675. The Hall–Kier alpha value is -1.08. The van der Waals surface area contributed by atoms with Crippen LogP contribution < -0.4 is 4.74 Å². The Balaban J connectivity index is 2.89. The lowest BCUT2D eigenvalue weighted by atomic mass is 10.4. The molecule has 4 heteroatoms. The molecule has 1 heterocycles. The zero-order valence-corrected chi connectivity index (χ0v) is 7.23. The molecule has 0 bridgehead atoms. The summed E-state index contributed by atoms with van der Waals surface area (Å²) in [6.45, 7) is 4.29. The van der Waals surface area contributed by atoms with E-state index in [0.717, 1.165) is 5.69 Å². The van der Waals surface area contributed by atoms with Crippen LogP contribution in [-0.2, 0) is 0 Å². The molecule has 1 rings (SSSR count). The molecule has 1 aromatic heterocycles. The molecule has 0 N–H and O–H groups in total. The molecule has 0 unspecified atom stereocenters. The van der Waals surface area contributed by atoms with Gasteiger partial charge in [0.2, 0.25) is 0 Å². The van der Waals surface area contributed by atoms with E-state index in [9.17, 15) is 0 Å². The van der Waals surface area contributed by atoms with Crippen molar-refractivity contribution in [3.05, 3.63) is 10.6 Å². The number of hydrogen-bond acceptors (Lipinski definition) is 4. The molecule has 0 spiro atoms. The Morgan fingerprint density at radius 3 is 2.91 bits per heavy atom. The third-order valence-electron chi connectivity index (χ3n) is 1.15. The van der Waals surface area contributed by atoms with E-state index in [1.165, 1.54) is 11.3 Å². The summed E-state index contributed by atoms with van der Waals surface area (Å²) in [6.07, 6.45) is 0. The van der Waals surface area contributed by atoms with Crippen LogP contribution in [0.5, 0.6) is 5.19 Å². The Morgan fingerprint density at radius 2 is 2.45 bits per heavy atom. The second kappa shape index (κ2) is 3.35. The second-order valence-corrected chi connectivity index (χ2v) is 2.90. The van der Waals surface area contributed by atoms with Gasteiger partial charge in [-0.1, -0.05) is 11.3 Å². The number of nitriles is 1. The largest absolute Gasteiger partial charge is 0.470 e. The first kappa shape index (κ1) is 8.02. The number of rotatable bonds is 2. The van der Waals surface area contributed by atoms with Crippen LogP contribution in [0, 0.1) is 18.3 Å². The lowest BCUT2D eigenvalue weighted by Crippen LogP contribution is -1.89. The van der Waals surface area contributed by atoms with Crippen LogP contribution in [0.2, 0.25) is 0 Å². The van der Waals surface area contributed by atoms with Crippen molar-refractivity contribution in [2.75, 3.05) is 6.61 Å². The van der Waals surface area contributed by atoms with Crippen molar-refractivity contribution in [2.45, 2.75) is 13.8 Å². The molecule has 58 valence electrons. The summed E-state index contributed by atoms with van der Waals surface area (Å²) in [5.41, 5.74) is 0.751. The fourth-order valence-electron chi connectivity index (χ4n) is 0.661. The zero-order chi connectivity index (χ0) is 8.27. The second-order valence-electron chi connectivity index (χ2n) is 1.94. The number of nitrogens with zero attached hydrogens (tertiary/aromatic N) is 2. The summed E-state index contributed by atoms with van der Waals surface area (Å²) in [4.78, 5) is 4.68. The molecule has 0 aliphatic rings. The van der Waals surface area contributed by atoms with E-state index in [0.29, 0.717) is 16.7 Å². The molecule has 3 nitrogen and oxygen atoms in total. The highest BCUT2D eigenvalue weighted by atomic mass is 32.1. The molecule has 11 heavy (non-hydrogen) atoms. The van der Waals surface area contributed by atoms with Crippen LogP contribution in [-0.4, -0.2) is 11.6 Å². The third kappa shape index (κ3) is 1.69. The highest BCUT2D eigenvalue weighted by Crippen LogP contribution is 2.23.